The minimum atomic E-state index is -0.00593. The molecule has 178 valence electrons. The second-order valence-corrected chi connectivity index (χ2v) is 7.90. The van der Waals surface area contributed by atoms with Crippen LogP contribution in [0.15, 0.2) is 53.5 Å². The second-order valence-electron chi connectivity index (χ2n) is 7.90. The standard InChI is InChI=1S/C24H31N5O3.HI/c1-25-24(27-18-12-15-28(16-18)19-8-3-5-10-21(19)31-2)26-13-7-14-29-20-9-4-6-11-22(20)32-17-23(29)30;/h3-6,8-11,18H,7,12-17H2,1-2H3,(H2,25,26,27);1H. The molecule has 0 saturated carbocycles. The van der Waals surface area contributed by atoms with Crippen LogP contribution in [0.25, 0.3) is 0 Å². The minimum Gasteiger partial charge on any atom is -0.495 e. The van der Waals surface area contributed by atoms with Gasteiger partial charge in [0.2, 0.25) is 0 Å². The van der Waals surface area contributed by atoms with Crippen LogP contribution in [0.5, 0.6) is 11.5 Å². The molecule has 2 heterocycles. The van der Waals surface area contributed by atoms with Crippen molar-refractivity contribution in [3.63, 3.8) is 0 Å². The fraction of sp³-hybridized carbons (Fsp3) is 0.417. The molecule has 1 fully saturated rings. The van der Waals surface area contributed by atoms with Gasteiger partial charge in [-0.15, -0.1) is 24.0 Å². The number of fused-ring (bicyclic) bond motifs is 1. The van der Waals surface area contributed by atoms with Crippen molar-refractivity contribution in [1.29, 1.82) is 0 Å². The van der Waals surface area contributed by atoms with E-state index in [2.05, 4.69) is 26.6 Å². The molecule has 2 aliphatic heterocycles. The summed E-state index contributed by atoms with van der Waals surface area (Å²) >= 11 is 0. The van der Waals surface area contributed by atoms with E-state index >= 15 is 0 Å². The molecule has 4 rings (SSSR count). The Balaban J connectivity index is 0.00000306. The number of anilines is 2. The number of aliphatic imine (C=N–C) groups is 1. The quantitative estimate of drug-likeness (QED) is 0.233. The van der Waals surface area contributed by atoms with Gasteiger partial charge < -0.3 is 29.9 Å². The maximum absolute atomic E-state index is 12.3. The molecule has 0 spiro atoms. The van der Waals surface area contributed by atoms with E-state index in [1.807, 2.05) is 42.5 Å². The van der Waals surface area contributed by atoms with Crippen molar-refractivity contribution in [2.24, 2.45) is 4.99 Å². The lowest BCUT2D eigenvalue weighted by molar-refractivity contribution is -0.121. The summed E-state index contributed by atoms with van der Waals surface area (Å²) in [5, 5.41) is 6.90. The predicted octanol–water partition coefficient (Wildman–Crippen LogP) is 2.87. The van der Waals surface area contributed by atoms with Crippen LogP contribution < -0.4 is 29.9 Å². The van der Waals surface area contributed by atoms with Crippen molar-refractivity contribution in [3.05, 3.63) is 48.5 Å². The third-order valence-corrected chi connectivity index (χ3v) is 5.84. The molecule has 9 heteroatoms. The summed E-state index contributed by atoms with van der Waals surface area (Å²) < 4.78 is 11.0. The van der Waals surface area contributed by atoms with Crippen molar-refractivity contribution >= 4 is 47.2 Å². The van der Waals surface area contributed by atoms with E-state index in [0.29, 0.717) is 12.6 Å². The van der Waals surface area contributed by atoms with Crippen LogP contribution in [0, 0.1) is 0 Å². The zero-order valence-corrected chi connectivity index (χ0v) is 21.5. The first kappa shape index (κ1) is 24.9. The average Bonchev–Trinajstić information content (AvgIpc) is 3.30. The summed E-state index contributed by atoms with van der Waals surface area (Å²) in [6, 6.07) is 16.1. The van der Waals surface area contributed by atoms with Crippen molar-refractivity contribution < 1.29 is 14.3 Å². The number of benzene rings is 2. The highest BCUT2D eigenvalue weighted by molar-refractivity contribution is 14.0. The molecule has 1 saturated heterocycles. The van der Waals surface area contributed by atoms with Gasteiger partial charge >= 0.3 is 0 Å². The number of ether oxygens (including phenoxy) is 2. The molecular formula is C24H32IN5O3. The predicted molar refractivity (Wildman–Crippen MR) is 142 cm³/mol. The van der Waals surface area contributed by atoms with E-state index in [1.54, 1.807) is 19.1 Å². The number of carbonyl (C=O) groups excluding carboxylic acids is 1. The molecule has 0 bridgehead atoms. The third-order valence-electron chi connectivity index (χ3n) is 5.84. The first-order chi connectivity index (χ1) is 15.7. The number of nitrogens with zero attached hydrogens (tertiary/aromatic N) is 3. The molecule has 0 aliphatic carbocycles. The van der Waals surface area contributed by atoms with E-state index < -0.39 is 0 Å². The highest BCUT2D eigenvalue weighted by atomic mass is 127. The van der Waals surface area contributed by atoms with Crippen LogP contribution in [-0.2, 0) is 4.79 Å². The first-order valence-corrected chi connectivity index (χ1v) is 11.1. The van der Waals surface area contributed by atoms with Gasteiger partial charge in [0, 0.05) is 39.3 Å². The Kier molecular flexibility index (Phi) is 9.04. The van der Waals surface area contributed by atoms with Crippen LogP contribution in [0.2, 0.25) is 0 Å². The van der Waals surface area contributed by atoms with Gasteiger partial charge in [-0.05, 0) is 37.1 Å². The van der Waals surface area contributed by atoms with Crippen LogP contribution >= 0.6 is 24.0 Å². The van der Waals surface area contributed by atoms with Crippen molar-refractivity contribution in [3.8, 4) is 11.5 Å². The average molecular weight is 565 g/mol. The van der Waals surface area contributed by atoms with Crippen LogP contribution in [0.3, 0.4) is 0 Å². The van der Waals surface area contributed by atoms with E-state index in [9.17, 15) is 4.79 Å². The van der Waals surface area contributed by atoms with Crippen molar-refractivity contribution in [2.45, 2.75) is 18.9 Å². The number of nitrogens with one attached hydrogen (secondary N) is 2. The zero-order valence-electron chi connectivity index (χ0n) is 19.1. The molecular weight excluding hydrogens is 533 g/mol. The van der Waals surface area contributed by atoms with E-state index in [1.165, 1.54) is 0 Å². The number of rotatable bonds is 7. The van der Waals surface area contributed by atoms with Crippen LogP contribution in [-0.4, -0.2) is 64.9 Å². The maximum Gasteiger partial charge on any atom is 0.265 e. The van der Waals surface area contributed by atoms with Crippen LogP contribution in [0.1, 0.15) is 12.8 Å². The topological polar surface area (TPSA) is 78.4 Å². The van der Waals surface area contributed by atoms with Gasteiger partial charge in [-0.1, -0.05) is 24.3 Å². The summed E-state index contributed by atoms with van der Waals surface area (Å²) in [5.41, 5.74) is 1.96. The van der Waals surface area contributed by atoms with Gasteiger partial charge in [-0.3, -0.25) is 9.79 Å². The number of carbonyl (C=O) groups is 1. The van der Waals surface area contributed by atoms with E-state index in [4.69, 9.17) is 9.47 Å². The molecule has 2 N–H and O–H groups in total. The number of para-hydroxylation sites is 4. The van der Waals surface area contributed by atoms with Crippen molar-refractivity contribution in [2.75, 3.05) is 56.7 Å². The van der Waals surface area contributed by atoms with E-state index in [0.717, 1.165) is 61.3 Å². The first-order valence-electron chi connectivity index (χ1n) is 11.1. The fourth-order valence-electron chi connectivity index (χ4n) is 4.22. The number of halogens is 1. The molecule has 1 amide bonds. The Bertz CT molecular complexity index is 971. The van der Waals surface area contributed by atoms with Gasteiger partial charge in [0.25, 0.3) is 5.91 Å². The SMILES string of the molecule is CN=C(NCCCN1C(=O)COc2ccccc21)NC1CCN(c2ccccc2OC)C1.I. The highest BCUT2D eigenvalue weighted by Gasteiger charge is 2.26. The van der Waals surface area contributed by atoms with Crippen molar-refractivity contribution in [1.82, 2.24) is 10.6 Å². The monoisotopic (exact) mass is 565 g/mol. The Hall–Kier alpha value is -2.69. The van der Waals surface area contributed by atoms with E-state index in [-0.39, 0.29) is 36.5 Å². The molecule has 2 aliphatic rings. The number of hydrogen-bond donors (Lipinski definition) is 2. The summed E-state index contributed by atoms with van der Waals surface area (Å²) in [6.07, 6.45) is 1.83. The summed E-state index contributed by atoms with van der Waals surface area (Å²) in [7, 11) is 3.49. The van der Waals surface area contributed by atoms with Crippen LogP contribution in [0.4, 0.5) is 11.4 Å². The molecule has 8 nitrogen and oxygen atoms in total. The lowest BCUT2D eigenvalue weighted by Gasteiger charge is -2.29. The molecule has 0 aromatic heterocycles. The van der Waals surface area contributed by atoms with Gasteiger partial charge in [-0.25, -0.2) is 0 Å². The Morgan fingerprint density at radius 1 is 1.18 bits per heavy atom. The molecule has 1 unspecified atom stereocenters. The number of hydrogen-bond acceptors (Lipinski definition) is 5. The third kappa shape index (κ3) is 6.01. The number of methoxy groups -OCH3 is 1. The smallest absolute Gasteiger partial charge is 0.265 e. The second kappa shape index (κ2) is 12.0. The van der Waals surface area contributed by atoms with Gasteiger partial charge in [0.1, 0.15) is 11.5 Å². The summed E-state index contributed by atoms with van der Waals surface area (Å²) in [4.78, 5) is 20.8. The van der Waals surface area contributed by atoms with Gasteiger partial charge in [-0.2, -0.15) is 0 Å². The minimum absolute atomic E-state index is 0. The summed E-state index contributed by atoms with van der Waals surface area (Å²) in [5.74, 6) is 2.44. The molecule has 1 atom stereocenters. The Labute approximate surface area is 212 Å². The zero-order chi connectivity index (χ0) is 22.3. The van der Waals surface area contributed by atoms with Gasteiger partial charge in [0.15, 0.2) is 12.6 Å². The molecule has 2 aromatic rings. The molecule has 0 radical (unpaired) electrons. The fourth-order valence-corrected chi connectivity index (χ4v) is 4.22. The maximum atomic E-state index is 12.3. The normalized spacial score (nSPS) is 17.7. The lowest BCUT2D eigenvalue weighted by Crippen LogP contribution is -2.45. The number of amides is 1. The van der Waals surface area contributed by atoms with Gasteiger partial charge in [0.05, 0.1) is 18.5 Å². The highest BCUT2D eigenvalue weighted by Crippen LogP contribution is 2.32. The summed E-state index contributed by atoms with van der Waals surface area (Å²) in [6.45, 7) is 3.30. The Morgan fingerprint density at radius 2 is 1.94 bits per heavy atom. The lowest BCUT2D eigenvalue weighted by atomic mass is 10.2. The Morgan fingerprint density at radius 3 is 2.73 bits per heavy atom. The molecule has 2 aromatic carbocycles. The molecule has 33 heavy (non-hydrogen) atoms. The number of guanidine groups is 1. The largest absolute Gasteiger partial charge is 0.495 e.